The molecular formula is C12H25BrO. The van der Waals surface area contributed by atoms with Crippen molar-refractivity contribution in [2.75, 3.05) is 11.9 Å². The third-order valence-electron chi connectivity index (χ3n) is 2.42. The summed E-state index contributed by atoms with van der Waals surface area (Å²) in [6, 6.07) is 0. The molecule has 1 nitrogen and oxygen atoms in total. The highest BCUT2D eigenvalue weighted by Crippen LogP contribution is 2.30. The molecule has 0 aliphatic heterocycles. The number of hydrogen-bond donors (Lipinski definition) is 0. The molecular weight excluding hydrogens is 240 g/mol. The van der Waals surface area contributed by atoms with E-state index in [4.69, 9.17) is 4.74 Å². The van der Waals surface area contributed by atoms with Gasteiger partial charge in [-0.1, -0.05) is 36.2 Å². The molecule has 2 heteroatoms. The van der Waals surface area contributed by atoms with Crippen LogP contribution >= 0.6 is 15.9 Å². The molecule has 1 unspecified atom stereocenters. The second-order valence-corrected chi connectivity index (χ2v) is 5.97. The zero-order chi connectivity index (χ0) is 11.2. The van der Waals surface area contributed by atoms with Gasteiger partial charge in [0.1, 0.15) is 0 Å². The predicted octanol–water partition coefficient (Wildman–Crippen LogP) is 4.39. The van der Waals surface area contributed by atoms with Crippen LogP contribution in [0.2, 0.25) is 0 Å². The molecule has 0 heterocycles. The van der Waals surface area contributed by atoms with Crippen LogP contribution in [0.5, 0.6) is 0 Å². The van der Waals surface area contributed by atoms with Gasteiger partial charge in [-0.3, -0.25) is 0 Å². The Bertz CT molecular complexity index is 151. The first-order valence-electron chi connectivity index (χ1n) is 5.53. The molecule has 0 amide bonds. The first kappa shape index (κ1) is 14.4. The van der Waals surface area contributed by atoms with Crippen LogP contribution in [-0.2, 0) is 4.74 Å². The third-order valence-corrected chi connectivity index (χ3v) is 3.77. The lowest BCUT2D eigenvalue weighted by atomic mass is 9.85. The van der Waals surface area contributed by atoms with E-state index in [0.717, 1.165) is 18.4 Å². The van der Waals surface area contributed by atoms with Crippen molar-refractivity contribution in [1.82, 2.24) is 0 Å². The Labute approximate surface area is 97.7 Å². The molecule has 0 saturated heterocycles. The molecule has 0 aliphatic carbocycles. The van der Waals surface area contributed by atoms with Crippen LogP contribution in [0.15, 0.2) is 0 Å². The van der Waals surface area contributed by atoms with Gasteiger partial charge in [0, 0.05) is 11.9 Å². The largest absolute Gasteiger partial charge is 0.376 e. The van der Waals surface area contributed by atoms with Gasteiger partial charge in [-0.15, -0.1) is 0 Å². The van der Waals surface area contributed by atoms with Crippen molar-refractivity contribution in [3.63, 3.8) is 0 Å². The summed E-state index contributed by atoms with van der Waals surface area (Å²) >= 11 is 3.60. The van der Waals surface area contributed by atoms with Crippen LogP contribution in [0.25, 0.3) is 0 Å². The van der Waals surface area contributed by atoms with Gasteiger partial charge >= 0.3 is 0 Å². The SMILES string of the molecule is CCCC(C)(CBr)CCOC(C)(C)C. The first-order chi connectivity index (χ1) is 6.33. The van der Waals surface area contributed by atoms with Crippen LogP contribution in [0, 0.1) is 5.41 Å². The molecule has 0 aliphatic rings. The summed E-state index contributed by atoms with van der Waals surface area (Å²) in [4.78, 5) is 0. The number of hydrogen-bond acceptors (Lipinski definition) is 1. The molecule has 0 rings (SSSR count). The maximum absolute atomic E-state index is 5.75. The Morgan fingerprint density at radius 1 is 1.07 bits per heavy atom. The lowest BCUT2D eigenvalue weighted by Gasteiger charge is -2.29. The maximum atomic E-state index is 5.75. The van der Waals surface area contributed by atoms with Crippen molar-refractivity contribution in [2.24, 2.45) is 5.41 Å². The smallest absolute Gasteiger partial charge is 0.0598 e. The number of halogens is 1. The average molecular weight is 265 g/mol. The predicted molar refractivity (Wildman–Crippen MR) is 67.1 cm³/mol. The van der Waals surface area contributed by atoms with Crippen LogP contribution in [-0.4, -0.2) is 17.5 Å². The Hall–Kier alpha value is 0.440. The molecule has 0 aromatic carbocycles. The number of alkyl halides is 1. The van der Waals surface area contributed by atoms with E-state index in [1.807, 2.05) is 0 Å². The van der Waals surface area contributed by atoms with Crippen molar-refractivity contribution in [2.45, 2.75) is 59.5 Å². The minimum absolute atomic E-state index is 0.000558. The molecule has 0 aromatic rings. The van der Waals surface area contributed by atoms with E-state index < -0.39 is 0 Å². The van der Waals surface area contributed by atoms with Crippen LogP contribution in [0.4, 0.5) is 0 Å². The Balaban J connectivity index is 3.84. The highest BCUT2D eigenvalue weighted by Gasteiger charge is 2.22. The summed E-state index contributed by atoms with van der Waals surface area (Å²) in [7, 11) is 0. The molecule has 0 N–H and O–H groups in total. The van der Waals surface area contributed by atoms with Crippen molar-refractivity contribution >= 4 is 15.9 Å². The van der Waals surface area contributed by atoms with E-state index in [-0.39, 0.29) is 5.60 Å². The monoisotopic (exact) mass is 264 g/mol. The van der Waals surface area contributed by atoms with Crippen LogP contribution in [0.3, 0.4) is 0 Å². The molecule has 0 aromatic heterocycles. The Kier molecular flexibility index (Phi) is 6.31. The van der Waals surface area contributed by atoms with Crippen molar-refractivity contribution < 1.29 is 4.74 Å². The van der Waals surface area contributed by atoms with E-state index in [0.29, 0.717) is 5.41 Å². The molecule has 1 atom stereocenters. The minimum atomic E-state index is -0.000558. The topological polar surface area (TPSA) is 9.23 Å². The van der Waals surface area contributed by atoms with Gasteiger partial charge in [0.2, 0.25) is 0 Å². The minimum Gasteiger partial charge on any atom is -0.376 e. The molecule has 0 spiro atoms. The highest BCUT2D eigenvalue weighted by molar-refractivity contribution is 9.09. The lowest BCUT2D eigenvalue weighted by molar-refractivity contribution is -0.0156. The summed E-state index contributed by atoms with van der Waals surface area (Å²) in [5.41, 5.74) is 0.402. The Morgan fingerprint density at radius 2 is 1.64 bits per heavy atom. The maximum Gasteiger partial charge on any atom is 0.0598 e. The van der Waals surface area contributed by atoms with Gasteiger partial charge in [-0.05, 0) is 39.0 Å². The van der Waals surface area contributed by atoms with Gasteiger partial charge < -0.3 is 4.74 Å². The fourth-order valence-electron chi connectivity index (χ4n) is 1.47. The van der Waals surface area contributed by atoms with Gasteiger partial charge in [0.05, 0.1) is 5.60 Å². The summed E-state index contributed by atoms with van der Waals surface area (Å²) in [5.74, 6) is 0. The summed E-state index contributed by atoms with van der Waals surface area (Å²) in [5, 5.41) is 1.07. The van der Waals surface area contributed by atoms with Crippen molar-refractivity contribution in [3.8, 4) is 0 Å². The third kappa shape index (κ3) is 6.83. The first-order valence-corrected chi connectivity index (χ1v) is 6.65. The van der Waals surface area contributed by atoms with Gasteiger partial charge in [-0.25, -0.2) is 0 Å². The molecule has 14 heavy (non-hydrogen) atoms. The van der Waals surface area contributed by atoms with Crippen LogP contribution in [0.1, 0.15) is 53.9 Å². The molecule has 86 valence electrons. The van der Waals surface area contributed by atoms with E-state index in [2.05, 4.69) is 50.5 Å². The quantitative estimate of drug-likeness (QED) is 0.647. The fraction of sp³-hybridized carbons (Fsp3) is 1.00. The second-order valence-electron chi connectivity index (χ2n) is 5.41. The summed E-state index contributed by atoms with van der Waals surface area (Å²) in [6.07, 6.45) is 3.66. The lowest BCUT2D eigenvalue weighted by Crippen LogP contribution is -2.25. The van der Waals surface area contributed by atoms with Gasteiger partial charge in [0.15, 0.2) is 0 Å². The van der Waals surface area contributed by atoms with E-state index in [1.165, 1.54) is 12.8 Å². The van der Waals surface area contributed by atoms with Gasteiger partial charge in [0.25, 0.3) is 0 Å². The van der Waals surface area contributed by atoms with Gasteiger partial charge in [-0.2, -0.15) is 0 Å². The zero-order valence-corrected chi connectivity index (χ0v) is 11.9. The molecule has 0 fully saturated rings. The average Bonchev–Trinajstić information content (AvgIpc) is 2.02. The van der Waals surface area contributed by atoms with Crippen LogP contribution < -0.4 is 0 Å². The van der Waals surface area contributed by atoms with E-state index in [9.17, 15) is 0 Å². The molecule has 0 saturated carbocycles. The van der Waals surface area contributed by atoms with Crippen molar-refractivity contribution in [1.29, 1.82) is 0 Å². The fourth-order valence-corrected chi connectivity index (χ4v) is 2.03. The Morgan fingerprint density at radius 3 is 2.00 bits per heavy atom. The number of rotatable bonds is 6. The molecule has 0 radical (unpaired) electrons. The molecule has 0 bridgehead atoms. The van der Waals surface area contributed by atoms with Crippen molar-refractivity contribution in [3.05, 3.63) is 0 Å². The normalized spacial score (nSPS) is 16.7. The summed E-state index contributed by atoms with van der Waals surface area (Å²) in [6.45, 7) is 11.8. The summed E-state index contributed by atoms with van der Waals surface area (Å²) < 4.78 is 5.75. The van der Waals surface area contributed by atoms with E-state index >= 15 is 0 Å². The van der Waals surface area contributed by atoms with E-state index in [1.54, 1.807) is 0 Å². The zero-order valence-electron chi connectivity index (χ0n) is 10.3. The second kappa shape index (κ2) is 6.12. The highest BCUT2D eigenvalue weighted by atomic mass is 79.9. The number of ether oxygens (including phenoxy) is 1. The standard InChI is InChI=1S/C12H25BrO/c1-6-7-12(5,10-13)8-9-14-11(2,3)4/h6-10H2,1-5H3.